The molecule has 10 heteroatoms. The fraction of sp³-hybridized carbons (Fsp3) is 0.0435. The zero-order valence-corrected chi connectivity index (χ0v) is 21.8. The van der Waals surface area contributed by atoms with Gasteiger partial charge >= 0.3 is 0 Å². The van der Waals surface area contributed by atoms with Gasteiger partial charge in [0, 0.05) is 22.8 Å². The first-order chi connectivity index (χ1) is 15.8. The van der Waals surface area contributed by atoms with E-state index in [1.165, 1.54) is 18.2 Å². The number of benzene rings is 3. The van der Waals surface area contributed by atoms with E-state index >= 15 is 0 Å². The van der Waals surface area contributed by atoms with Crippen molar-refractivity contribution < 1.29 is 14.5 Å². The summed E-state index contributed by atoms with van der Waals surface area (Å²) in [5.74, 6) is 0.124. The number of nitrogens with one attached hydrogen (secondary N) is 1. The van der Waals surface area contributed by atoms with Crippen molar-refractivity contribution in [1.82, 2.24) is 0 Å². The molecule has 3 rings (SSSR count). The summed E-state index contributed by atoms with van der Waals surface area (Å²) < 4.78 is 7.50. The summed E-state index contributed by atoms with van der Waals surface area (Å²) in [6.45, 7) is 0.242. The van der Waals surface area contributed by atoms with Crippen molar-refractivity contribution in [2.45, 2.75) is 6.61 Å². The maximum absolute atomic E-state index is 12.5. The van der Waals surface area contributed by atoms with E-state index in [2.05, 4.69) is 50.5 Å². The van der Waals surface area contributed by atoms with Crippen LogP contribution in [0.4, 0.5) is 11.4 Å². The van der Waals surface area contributed by atoms with Crippen molar-refractivity contribution in [3.05, 3.63) is 99.6 Å². The predicted octanol–water partition coefficient (Wildman–Crippen LogP) is 6.58. The Balaban J connectivity index is 1.74. The highest BCUT2D eigenvalue weighted by atomic mass is 127. The smallest absolute Gasteiger partial charge is 0.269 e. The molecule has 0 aliphatic carbocycles. The van der Waals surface area contributed by atoms with Gasteiger partial charge in [-0.2, -0.15) is 5.26 Å². The van der Waals surface area contributed by atoms with Crippen LogP contribution < -0.4 is 10.1 Å². The number of carbonyl (C=O) groups is 1. The number of rotatable bonds is 7. The second-order valence-electron chi connectivity index (χ2n) is 6.66. The summed E-state index contributed by atoms with van der Waals surface area (Å²) in [5, 5.41) is 23.5. The van der Waals surface area contributed by atoms with Crippen LogP contribution in [0.2, 0.25) is 5.02 Å². The molecule has 0 bridgehead atoms. The number of nitriles is 1. The average molecular weight is 686 g/mol. The van der Waals surface area contributed by atoms with Gasteiger partial charge in [0.15, 0.2) is 0 Å². The Morgan fingerprint density at radius 3 is 2.27 bits per heavy atom. The molecule has 0 saturated carbocycles. The topological polar surface area (TPSA) is 105 Å². The van der Waals surface area contributed by atoms with E-state index < -0.39 is 10.8 Å². The fourth-order valence-electron chi connectivity index (χ4n) is 2.72. The van der Waals surface area contributed by atoms with Gasteiger partial charge in [-0.1, -0.05) is 11.6 Å². The number of carbonyl (C=O) groups excluding carboxylic acids is 1. The van der Waals surface area contributed by atoms with Gasteiger partial charge in [0.1, 0.15) is 24.0 Å². The van der Waals surface area contributed by atoms with Gasteiger partial charge in [0.25, 0.3) is 11.6 Å². The van der Waals surface area contributed by atoms with Gasteiger partial charge in [-0.25, -0.2) is 0 Å². The molecule has 1 amide bonds. The van der Waals surface area contributed by atoms with Crippen LogP contribution in [-0.2, 0) is 11.4 Å². The molecule has 3 aromatic rings. The van der Waals surface area contributed by atoms with Gasteiger partial charge in [-0.05, 0) is 111 Å². The molecule has 1 N–H and O–H groups in total. The van der Waals surface area contributed by atoms with Gasteiger partial charge in [-0.15, -0.1) is 0 Å². The molecule has 33 heavy (non-hydrogen) atoms. The molecule has 0 aromatic heterocycles. The van der Waals surface area contributed by atoms with Crippen LogP contribution in [0.3, 0.4) is 0 Å². The zero-order chi connectivity index (χ0) is 24.0. The van der Waals surface area contributed by atoms with Crippen molar-refractivity contribution in [3.63, 3.8) is 0 Å². The lowest BCUT2D eigenvalue weighted by Crippen LogP contribution is -2.13. The molecule has 7 nitrogen and oxygen atoms in total. The maximum Gasteiger partial charge on any atom is 0.269 e. The van der Waals surface area contributed by atoms with Gasteiger partial charge in [-0.3, -0.25) is 14.9 Å². The van der Waals surface area contributed by atoms with Gasteiger partial charge in [0.05, 0.1) is 12.1 Å². The Morgan fingerprint density at radius 2 is 1.73 bits per heavy atom. The summed E-state index contributed by atoms with van der Waals surface area (Å²) >= 11 is 10.1. The fourth-order valence-corrected chi connectivity index (χ4v) is 4.97. The summed E-state index contributed by atoms with van der Waals surface area (Å²) in [6.07, 6.45) is 1.51. The Hall–Kier alpha value is -2.69. The number of nitro groups is 1. The molecule has 0 aliphatic heterocycles. The highest BCUT2D eigenvalue weighted by molar-refractivity contribution is 14.1. The van der Waals surface area contributed by atoms with E-state index in [0.717, 1.165) is 12.7 Å². The van der Waals surface area contributed by atoms with Crippen molar-refractivity contribution in [2.75, 3.05) is 5.32 Å². The van der Waals surface area contributed by atoms with Crippen LogP contribution in [-0.4, -0.2) is 10.8 Å². The van der Waals surface area contributed by atoms with Crippen LogP contribution in [0.15, 0.2) is 66.2 Å². The van der Waals surface area contributed by atoms with E-state index in [4.69, 9.17) is 16.3 Å². The Bertz CT molecular complexity index is 1250. The maximum atomic E-state index is 12.5. The minimum atomic E-state index is -0.525. The minimum absolute atomic E-state index is 0.0208. The summed E-state index contributed by atoms with van der Waals surface area (Å²) in [5.41, 5.74) is 1.98. The van der Waals surface area contributed by atoms with Gasteiger partial charge in [0.2, 0.25) is 0 Å². The number of nitro benzene ring substituents is 1. The molecule has 0 heterocycles. The average Bonchev–Trinajstić information content (AvgIpc) is 2.78. The van der Waals surface area contributed by atoms with E-state index in [1.54, 1.807) is 48.5 Å². The summed E-state index contributed by atoms with van der Waals surface area (Å²) in [6, 6.07) is 18.3. The van der Waals surface area contributed by atoms with Crippen LogP contribution in [0, 0.1) is 28.6 Å². The monoisotopic (exact) mass is 685 g/mol. The minimum Gasteiger partial charge on any atom is -0.487 e. The Labute approximate surface area is 221 Å². The molecule has 166 valence electrons. The van der Waals surface area contributed by atoms with Gasteiger partial charge < -0.3 is 10.1 Å². The molecule has 0 spiro atoms. The van der Waals surface area contributed by atoms with Crippen LogP contribution in [0.1, 0.15) is 11.1 Å². The molecule has 0 radical (unpaired) electrons. The van der Waals surface area contributed by atoms with Crippen LogP contribution >= 0.6 is 56.8 Å². The SMILES string of the molecule is N#C/C(=C/c1cc(I)c(OCc2ccc([N+](=O)[O-])cc2)c(I)c1)C(=O)Nc1ccc(Cl)cc1. The van der Waals surface area contributed by atoms with E-state index in [9.17, 15) is 20.2 Å². The summed E-state index contributed by atoms with van der Waals surface area (Å²) in [7, 11) is 0. The molecular formula is C23H14ClI2N3O4. The van der Waals surface area contributed by atoms with E-state index in [-0.39, 0.29) is 17.9 Å². The molecule has 0 aliphatic rings. The number of anilines is 1. The lowest BCUT2D eigenvalue weighted by Gasteiger charge is -2.12. The predicted molar refractivity (Wildman–Crippen MR) is 143 cm³/mol. The standard InChI is InChI=1S/C23H14ClI2N3O4/c24-17-3-5-18(6-4-17)28-23(30)16(12-27)9-15-10-20(25)22(21(26)11-15)33-13-14-1-7-19(8-2-14)29(31)32/h1-11H,13H2,(H,28,30)/b16-9-. The second kappa shape index (κ2) is 11.4. The number of halogens is 3. The first kappa shape index (κ1) is 24.9. The quantitative estimate of drug-likeness (QED) is 0.0995. The highest BCUT2D eigenvalue weighted by Gasteiger charge is 2.13. The van der Waals surface area contributed by atoms with E-state index in [0.29, 0.717) is 22.0 Å². The number of ether oxygens (including phenoxy) is 1. The lowest BCUT2D eigenvalue weighted by atomic mass is 10.1. The Morgan fingerprint density at radius 1 is 1.12 bits per heavy atom. The van der Waals surface area contributed by atoms with Crippen molar-refractivity contribution >= 4 is 80.1 Å². The number of amides is 1. The third kappa shape index (κ3) is 6.89. The molecule has 0 atom stereocenters. The largest absolute Gasteiger partial charge is 0.487 e. The van der Waals surface area contributed by atoms with Crippen molar-refractivity contribution in [3.8, 4) is 11.8 Å². The second-order valence-corrected chi connectivity index (χ2v) is 9.42. The normalized spacial score (nSPS) is 10.9. The van der Waals surface area contributed by atoms with Crippen LogP contribution in [0.5, 0.6) is 5.75 Å². The van der Waals surface area contributed by atoms with E-state index in [1.807, 2.05) is 6.07 Å². The van der Waals surface area contributed by atoms with Crippen molar-refractivity contribution in [1.29, 1.82) is 5.26 Å². The molecule has 0 unspecified atom stereocenters. The number of hydrogen-bond acceptors (Lipinski definition) is 5. The highest BCUT2D eigenvalue weighted by Crippen LogP contribution is 2.31. The van der Waals surface area contributed by atoms with Crippen molar-refractivity contribution in [2.24, 2.45) is 0 Å². The molecule has 3 aromatic carbocycles. The molecule has 0 fully saturated rings. The molecule has 0 saturated heterocycles. The third-order valence-electron chi connectivity index (χ3n) is 4.33. The van der Waals surface area contributed by atoms with Crippen LogP contribution in [0.25, 0.3) is 6.08 Å². The first-order valence-electron chi connectivity index (χ1n) is 9.30. The number of hydrogen-bond donors (Lipinski definition) is 1. The lowest BCUT2D eigenvalue weighted by molar-refractivity contribution is -0.384. The Kier molecular flexibility index (Phi) is 8.65. The first-order valence-corrected chi connectivity index (χ1v) is 11.8. The third-order valence-corrected chi connectivity index (χ3v) is 6.18. The summed E-state index contributed by atoms with van der Waals surface area (Å²) in [4.78, 5) is 22.8. The number of nitrogens with zero attached hydrogens (tertiary/aromatic N) is 2. The number of non-ortho nitro benzene ring substituents is 1. The molecular weight excluding hydrogens is 672 g/mol. The zero-order valence-electron chi connectivity index (χ0n) is 16.7.